The van der Waals surface area contributed by atoms with E-state index in [1.807, 2.05) is 41.5 Å². The maximum Gasteiger partial charge on any atom is 0.410 e. The van der Waals surface area contributed by atoms with Crippen molar-refractivity contribution >= 4 is 6.09 Å². The molecule has 0 spiro atoms. The van der Waals surface area contributed by atoms with Gasteiger partial charge in [0, 0.05) is 12.6 Å². The van der Waals surface area contributed by atoms with Crippen molar-refractivity contribution < 1.29 is 9.53 Å². The van der Waals surface area contributed by atoms with Crippen LogP contribution in [0.15, 0.2) is 0 Å². The summed E-state index contributed by atoms with van der Waals surface area (Å²) in [7, 11) is 1.76. The number of nitrogens with zero attached hydrogens (tertiary/aromatic N) is 1. The van der Waals surface area contributed by atoms with Crippen molar-refractivity contribution in [2.24, 2.45) is 5.92 Å². The molecule has 0 rings (SSSR count). The van der Waals surface area contributed by atoms with Crippen LogP contribution in [0.25, 0.3) is 0 Å². The molecular formula is C11H23NO2. The predicted octanol–water partition coefficient (Wildman–Crippen LogP) is 2.90. The highest BCUT2D eigenvalue weighted by Gasteiger charge is 2.25. The smallest absolute Gasteiger partial charge is 0.410 e. The number of carbonyl (C=O) groups excluding carboxylic acids is 1. The summed E-state index contributed by atoms with van der Waals surface area (Å²) in [4.78, 5) is 13.2. The lowest BCUT2D eigenvalue weighted by Crippen LogP contribution is -2.44. The fourth-order valence-corrected chi connectivity index (χ4v) is 0.648. The lowest BCUT2D eigenvalue weighted by atomic mass is 10.1. The van der Waals surface area contributed by atoms with Crippen LogP contribution in [-0.2, 0) is 4.74 Å². The van der Waals surface area contributed by atoms with Gasteiger partial charge in [0.15, 0.2) is 0 Å². The Bertz CT molecular complexity index is 194. The highest BCUT2D eigenvalue weighted by atomic mass is 16.6. The molecule has 0 radical (unpaired) electrons. The van der Waals surface area contributed by atoms with Crippen LogP contribution in [0.5, 0.6) is 0 Å². The Hall–Kier alpha value is -0.730. The summed E-state index contributed by atoms with van der Waals surface area (Å²) in [6.45, 7) is 11.9. The summed E-state index contributed by atoms with van der Waals surface area (Å²) in [6, 6.07) is 0. The van der Waals surface area contributed by atoms with E-state index in [1.54, 1.807) is 11.9 Å². The van der Waals surface area contributed by atoms with Crippen molar-refractivity contribution in [3.63, 3.8) is 0 Å². The van der Waals surface area contributed by atoms with Gasteiger partial charge in [0.25, 0.3) is 0 Å². The molecule has 3 nitrogen and oxygen atoms in total. The summed E-state index contributed by atoms with van der Waals surface area (Å²) < 4.78 is 5.29. The molecule has 0 aliphatic carbocycles. The largest absolute Gasteiger partial charge is 0.446 e. The van der Waals surface area contributed by atoms with Crippen molar-refractivity contribution in [3.05, 3.63) is 0 Å². The Balaban J connectivity index is 4.23. The van der Waals surface area contributed by atoms with Gasteiger partial charge in [-0.3, -0.25) is 0 Å². The fraction of sp³-hybridized carbons (Fsp3) is 0.909. The average molecular weight is 201 g/mol. The van der Waals surface area contributed by atoms with Crippen molar-refractivity contribution in [2.75, 3.05) is 7.05 Å². The van der Waals surface area contributed by atoms with Crippen LogP contribution in [0.1, 0.15) is 41.5 Å². The molecule has 0 aliphatic heterocycles. The second-order valence-corrected chi connectivity index (χ2v) is 5.06. The first kappa shape index (κ1) is 13.3. The predicted molar refractivity (Wildman–Crippen MR) is 58.3 cm³/mol. The third kappa shape index (κ3) is 3.99. The Kier molecular flexibility index (Phi) is 4.43. The maximum absolute atomic E-state index is 11.6. The molecular weight excluding hydrogens is 178 g/mol. The molecule has 0 heterocycles. The average Bonchev–Trinajstić information content (AvgIpc) is 2.00. The molecule has 0 aromatic rings. The second kappa shape index (κ2) is 4.67. The Morgan fingerprint density at radius 1 is 1.21 bits per heavy atom. The summed E-state index contributed by atoms with van der Waals surface area (Å²) >= 11 is 0. The maximum atomic E-state index is 11.6. The van der Waals surface area contributed by atoms with E-state index in [1.165, 1.54) is 0 Å². The van der Waals surface area contributed by atoms with Crippen LogP contribution in [0.3, 0.4) is 0 Å². The molecule has 0 bridgehead atoms. The molecule has 0 N–H and O–H groups in total. The number of hydrogen-bond acceptors (Lipinski definition) is 2. The van der Waals surface area contributed by atoms with Crippen molar-refractivity contribution in [1.82, 2.24) is 4.90 Å². The number of hydrogen-bond donors (Lipinski definition) is 0. The zero-order valence-corrected chi connectivity index (χ0v) is 10.4. The molecule has 0 aromatic heterocycles. The number of amides is 1. The third-order valence-electron chi connectivity index (χ3n) is 2.51. The minimum absolute atomic E-state index is 0.0349. The van der Waals surface area contributed by atoms with E-state index in [2.05, 4.69) is 0 Å². The molecule has 3 heteroatoms. The van der Waals surface area contributed by atoms with Gasteiger partial charge >= 0.3 is 6.09 Å². The van der Waals surface area contributed by atoms with E-state index in [0.29, 0.717) is 5.92 Å². The molecule has 1 unspecified atom stereocenters. The van der Waals surface area contributed by atoms with E-state index in [0.717, 1.165) is 0 Å². The zero-order valence-electron chi connectivity index (χ0n) is 10.4. The van der Waals surface area contributed by atoms with Gasteiger partial charge in [0.2, 0.25) is 0 Å². The Labute approximate surface area is 87.4 Å². The fourth-order valence-electron chi connectivity index (χ4n) is 0.648. The van der Waals surface area contributed by atoms with Crippen LogP contribution >= 0.6 is 0 Å². The molecule has 0 aliphatic rings. The summed E-state index contributed by atoms with van der Waals surface area (Å²) in [5.74, 6) is 0.354. The minimum Gasteiger partial charge on any atom is -0.446 e. The highest BCUT2D eigenvalue weighted by Crippen LogP contribution is 2.14. The van der Waals surface area contributed by atoms with Gasteiger partial charge in [-0.05, 0) is 33.6 Å². The summed E-state index contributed by atoms with van der Waals surface area (Å²) in [5, 5.41) is 0. The van der Waals surface area contributed by atoms with Gasteiger partial charge in [-0.2, -0.15) is 0 Å². The van der Waals surface area contributed by atoms with Crippen LogP contribution < -0.4 is 0 Å². The van der Waals surface area contributed by atoms with Crippen LogP contribution in [0.2, 0.25) is 0 Å². The summed E-state index contributed by atoms with van der Waals surface area (Å²) in [5.41, 5.74) is -0.187. The monoisotopic (exact) mass is 201 g/mol. The van der Waals surface area contributed by atoms with Crippen molar-refractivity contribution in [1.29, 1.82) is 0 Å². The van der Waals surface area contributed by atoms with E-state index < -0.39 is 0 Å². The molecule has 1 atom stereocenters. The van der Waals surface area contributed by atoms with Gasteiger partial charge in [0.1, 0.15) is 6.10 Å². The van der Waals surface area contributed by atoms with Gasteiger partial charge in [0.05, 0.1) is 0 Å². The standard InChI is InChI=1S/C11H23NO2/c1-8(2)9(3)14-10(13)12(7)11(4,5)6/h8-9H,1-7H3. The van der Waals surface area contributed by atoms with Crippen LogP contribution in [0.4, 0.5) is 4.79 Å². The lowest BCUT2D eigenvalue weighted by molar-refractivity contribution is 0.0373. The topological polar surface area (TPSA) is 29.5 Å². The first-order valence-corrected chi connectivity index (χ1v) is 5.10. The molecule has 1 amide bonds. The number of rotatable bonds is 2. The Morgan fingerprint density at radius 3 is 1.93 bits per heavy atom. The number of ether oxygens (including phenoxy) is 1. The minimum atomic E-state index is -0.251. The second-order valence-electron chi connectivity index (χ2n) is 5.06. The van der Waals surface area contributed by atoms with E-state index in [-0.39, 0.29) is 17.7 Å². The molecule has 14 heavy (non-hydrogen) atoms. The normalized spacial score (nSPS) is 14.0. The quantitative estimate of drug-likeness (QED) is 0.687. The van der Waals surface area contributed by atoms with E-state index in [4.69, 9.17) is 4.74 Å². The van der Waals surface area contributed by atoms with Crippen molar-refractivity contribution in [2.45, 2.75) is 53.2 Å². The van der Waals surface area contributed by atoms with E-state index >= 15 is 0 Å². The molecule has 0 saturated heterocycles. The van der Waals surface area contributed by atoms with Gasteiger partial charge in [-0.15, -0.1) is 0 Å². The third-order valence-corrected chi connectivity index (χ3v) is 2.51. The highest BCUT2D eigenvalue weighted by molar-refractivity contribution is 5.68. The van der Waals surface area contributed by atoms with Crippen LogP contribution in [-0.4, -0.2) is 29.7 Å². The first-order chi connectivity index (χ1) is 6.16. The van der Waals surface area contributed by atoms with Crippen LogP contribution in [0, 0.1) is 5.92 Å². The molecule has 84 valence electrons. The Morgan fingerprint density at radius 2 is 1.64 bits per heavy atom. The van der Waals surface area contributed by atoms with Gasteiger partial charge in [-0.25, -0.2) is 4.79 Å². The van der Waals surface area contributed by atoms with E-state index in [9.17, 15) is 4.79 Å². The molecule has 0 saturated carbocycles. The first-order valence-electron chi connectivity index (χ1n) is 5.10. The molecule has 0 fully saturated rings. The van der Waals surface area contributed by atoms with Gasteiger partial charge < -0.3 is 9.64 Å². The SMILES string of the molecule is CC(C)C(C)OC(=O)N(C)C(C)(C)C. The zero-order chi connectivity index (χ0) is 11.5. The van der Waals surface area contributed by atoms with Crippen molar-refractivity contribution in [3.8, 4) is 0 Å². The molecule has 0 aromatic carbocycles. The lowest BCUT2D eigenvalue weighted by Gasteiger charge is -2.32. The van der Waals surface area contributed by atoms with Gasteiger partial charge in [-0.1, -0.05) is 13.8 Å². The summed E-state index contributed by atoms with van der Waals surface area (Å²) in [6.07, 6.45) is -0.286. The number of carbonyl (C=O) groups is 1.